The fourth-order valence-corrected chi connectivity index (χ4v) is 2.69. The van der Waals surface area contributed by atoms with E-state index >= 15 is 0 Å². The number of nitrogens with zero attached hydrogens (tertiary/aromatic N) is 3. The van der Waals surface area contributed by atoms with E-state index in [1.54, 1.807) is 18.3 Å². The molecule has 0 saturated heterocycles. The Bertz CT molecular complexity index is 713. The summed E-state index contributed by atoms with van der Waals surface area (Å²) in [5, 5.41) is 9.25. The van der Waals surface area contributed by atoms with Gasteiger partial charge in [0.2, 0.25) is 0 Å². The van der Waals surface area contributed by atoms with Crippen LogP contribution in [-0.2, 0) is 13.0 Å². The third-order valence-corrected chi connectivity index (χ3v) is 4.00. The Morgan fingerprint density at radius 2 is 2.10 bits per heavy atom. The molecule has 5 nitrogen and oxygen atoms in total. The molecule has 0 spiro atoms. The average Bonchev–Trinajstić information content (AvgIpc) is 2.48. The molecular weight excluding hydrogens is 266 g/mol. The van der Waals surface area contributed by atoms with Crippen molar-refractivity contribution >= 4 is 11.8 Å². The Labute approximate surface area is 123 Å². The Hall–Kier alpha value is -2.43. The fraction of sp³-hybridized carbons (Fsp3) is 0.312. The van der Waals surface area contributed by atoms with Gasteiger partial charge in [-0.05, 0) is 37.5 Å². The van der Waals surface area contributed by atoms with Crippen LogP contribution in [-0.4, -0.2) is 27.6 Å². The highest BCUT2D eigenvalue weighted by molar-refractivity contribution is 5.90. The lowest BCUT2D eigenvalue weighted by Gasteiger charge is -2.30. The number of fused-ring (bicyclic) bond motifs is 1. The van der Waals surface area contributed by atoms with Crippen LogP contribution < -0.4 is 4.90 Å². The van der Waals surface area contributed by atoms with Gasteiger partial charge in [-0.1, -0.05) is 12.1 Å². The minimum absolute atomic E-state index is 0.415. The zero-order valence-electron chi connectivity index (χ0n) is 12.1. The number of aromatic carboxylic acids is 1. The van der Waals surface area contributed by atoms with E-state index in [-0.39, 0.29) is 0 Å². The van der Waals surface area contributed by atoms with Gasteiger partial charge in [0, 0.05) is 13.1 Å². The molecule has 0 atom stereocenters. The highest BCUT2D eigenvalue weighted by atomic mass is 16.4. The molecule has 0 bridgehead atoms. The summed E-state index contributed by atoms with van der Waals surface area (Å²) in [7, 11) is 0. The molecule has 0 amide bonds. The van der Waals surface area contributed by atoms with Gasteiger partial charge in [0.05, 0.1) is 23.1 Å². The number of hydrogen-bond acceptors (Lipinski definition) is 4. The Balaban J connectivity index is 1.93. The SMILES string of the molecule is Cc1ncc(N2CCc3c(cccc3C(=O)O)C2)nc1C. The minimum Gasteiger partial charge on any atom is -0.478 e. The summed E-state index contributed by atoms with van der Waals surface area (Å²) in [5.41, 5.74) is 4.28. The molecule has 5 heteroatoms. The van der Waals surface area contributed by atoms with Crippen LogP contribution in [0.15, 0.2) is 24.4 Å². The van der Waals surface area contributed by atoms with Crippen molar-refractivity contribution in [1.82, 2.24) is 9.97 Å². The van der Waals surface area contributed by atoms with Gasteiger partial charge >= 0.3 is 5.97 Å². The molecular formula is C16H17N3O2. The number of aryl methyl sites for hydroxylation is 2. The molecule has 0 radical (unpaired) electrons. The third-order valence-electron chi connectivity index (χ3n) is 4.00. The van der Waals surface area contributed by atoms with Gasteiger partial charge < -0.3 is 10.0 Å². The number of rotatable bonds is 2. The van der Waals surface area contributed by atoms with Crippen LogP contribution in [0.2, 0.25) is 0 Å². The predicted molar refractivity (Wildman–Crippen MR) is 79.7 cm³/mol. The quantitative estimate of drug-likeness (QED) is 0.916. The number of anilines is 1. The summed E-state index contributed by atoms with van der Waals surface area (Å²) in [6, 6.07) is 5.47. The lowest BCUT2D eigenvalue weighted by molar-refractivity contribution is 0.0695. The van der Waals surface area contributed by atoms with Crippen LogP contribution in [0.3, 0.4) is 0 Å². The van der Waals surface area contributed by atoms with Crippen LogP contribution >= 0.6 is 0 Å². The van der Waals surface area contributed by atoms with Crippen molar-refractivity contribution in [2.45, 2.75) is 26.8 Å². The topological polar surface area (TPSA) is 66.3 Å². The summed E-state index contributed by atoms with van der Waals surface area (Å²) in [5.74, 6) is -0.00394. The smallest absolute Gasteiger partial charge is 0.335 e. The van der Waals surface area contributed by atoms with Gasteiger partial charge in [-0.3, -0.25) is 4.98 Å². The normalized spacial score (nSPS) is 13.9. The van der Waals surface area contributed by atoms with Crippen LogP contribution in [0.25, 0.3) is 0 Å². The van der Waals surface area contributed by atoms with Crippen molar-refractivity contribution in [2.24, 2.45) is 0 Å². The zero-order valence-corrected chi connectivity index (χ0v) is 12.1. The molecule has 0 saturated carbocycles. The molecule has 1 aromatic heterocycles. The molecule has 21 heavy (non-hydrogen) atoms. The highest BCUT2D eigenvalue weighted by Gasteiger charge is 2.22. The standard InChI is InChI=1S/C16H17N3O2/c1-10-11(2)18-15(8-17-10)19-7-6-13-12(9-19)4-3-5-14(13)16(20)21/h3-5,8H,6-7,9H2,1-2H3,(H,20,21). The second kappa shape index (κ2) is 5.16. The number of carboxylic acid groups (broad SMARTS) is 1. The first-order valence-electron chi connectivity index (χ1n) is 6.95. The van der Waals surface area contributed by atoms with Crippen LogP contribution in [0.5, 0.6) is 0 Å². The van der Waals surface area contributed by atoms with Crippen molar-refractivity contribution in [3.63, 3.8) is 0 Å². The van der Waals surface area contributed by atoms with Crippen molar-refractivity contribution < 1.29 is 9.90 Å². The summed E-state index contributed by atoms with van der Waals surface area (Å²) in [4.78, 5) is 22.3. The van der Waals surface area contributed by atoms with Gasteiger partial charge in [-0.2, -0.15) is 0 Å². The summed E-state index contributed by atoms with van der Waals surface area (Å²) in [6.07, 6.45) is 2.50. The van der Waals surface area contributed by atoms with E-state index < -0.39 is 5.97 Å². The maximum atomic E-state index is 11.3. The van der Waals surface area contributed by atoms with E-state index in [0.717, 1.165) is 34.9 Å². The summed E-state index contributed by atoms with van der Waals surface area (Å²) < 4.78 is 0. The van der Waals surface area contributed by atoms with Crippen molar-refractivity contribution in [1.29, 1.82) is 0 Å². The second-order valence-corrected chi connectivity index (χ2v) is 5.32. The monoisotopic (exact) mass is 283 g/mol. The Morgan fingerprint density at radius 1 is 1.29 bits per heavy atom. The lowest BCUT2D eigenvalue weighted by atomic mass is 9.94. The second-order valence-electron chi connectivity index (χ2n) is 5.32. The van der Waals surface area contributed by atoms with Gasteiger partial charge in [-0.25, -0.2) is 9.78 Å². The molecule has 2 aromatic rings. The van der Waals surface area contributed by atoms with Crippen molar-refractivity contribution in [3.8, 4) is 0 Å². The average molecular weight is 283 g/mol. The van der Waals surface area contributed by atoms with Gasteiger partial charge in [0.15, 0.2) is 0 Å². The van der Waals surface area contributed by atoms with E-state index in [4.69, 9.17) is 0 Å². The lowest BCUT2D eigenvalue weighted by Crippen LogP contribution is -2.32. The predicted octanol–water partition coefficient (Wildman–Crippen LogP) is 2.35. The summed E-state index contributed by atoms with van der Waals surface area (Å²) >= 11 is 0. The number of hydrogen-bond donors (Lipinski definition) is 1. The molecule has 108 valence electrons. The Morgan fingerprint density at radius 3 is 2.81 bits per heavy atom. The van der Waals surface area contributed by atoms with E-state index in [1.807, 2.05) is 19.9 Å². The molecule has 3 rings (SSSR count). The molecule has 0 unspecified atom stereocenters. The maximum absolute atomic E-state index is 11.3. The number of benzene rings is 1. The molecule has 1 aromatic carbocycles. The van der Waals surface area contributed by atoms with E-state index in [0.29, 0.717) is 18.5 Å². The fourth-order valence-electron chi connectivity index (χ4n) is 2.69. The molecule has 0 aliphatic carbocycles. The molecule has 0 fully saturated rings. The van der Waals surface area contributed by atoms with Gasteiger partial charge in [0.1, 0.15) is 5.82 Å². The first-order chi connectivity index (χ1) is 10.1. The minimum atomic E-state index is -0.855. The van der Waals surface area contributed by atoms with Crippen molar-refractivity contribution in [2.75, 3.05) is 11.4 Å². The van der Waals surface area contributed by atoms with Crippen LogP contribution in [0.4, 0.5) is 5.82 Å². The molecule has 1 aliphatic heterocycles. The zero-order chi connectivity index (χ0) is 15.0. The molecule has 2 heterocycles. The van der Waals surface area contributed by atoms with E-state index in [1.165, 1.54) is 0 Å². The van der Waals surface area contributed by atoms with E-state index in [2.05, 4.69) is 14.9 Å². The number of carboxylic acids is 1. The van der Waals surface area contributed by atoms with Gasteiger partial charge in [0.25, 0.3) is 0 Å². The van der Waals surface area contributed by atoms with Crippen molar-refractivity contribution in [3.05, 3.63) is 52.5 Å². The summed E-state index contributed by atoms with van der Waals surface area (Å²) in [6.45, 7) is 5.32. The van der Waals surface area contributed by atoms with Crippen LogP contribution in [0.1, 0.15) is 32.9 Å². The first-order valence-corrected chi connectivity index (χ1v) is 6.95. The molecule has 1 aliphatic rings. The largest absolute Gasteiger partial charge is 0.478 e. The number of aromatic nitrogens is 2. The highest BCUT2D eigenvalue weighted by Crippen LogP contribution is 2.25. The van der Waals surface area contributed by atoms with E-state index in [9.17, 15) is 9.90 Å². The third kappa shape index (κ3) is 2.46. The number of carbonyl (C=O) groups is 1. The Kier molecular flexibility index (Phi) is 3.33. The van der Waals surface area contributed by atoms with Crippen LogP contribution in [0, 0.1) is 13.8 Å². The maximum Gasteiger partial charge on any atom is 0.335 e. The van der Waals surface area contributed by atoms with Gasteiger partial charge in [-0.15, -0.1) is 0 Å². The molecule has 1 N–H and O–H groups in total. The first kappa shape index (κ1) is 13.5.